The fourth-order valence-electron chi connectivity index (χ4n) is 1.29. The molecule has 15 heavy (non-hydrogen) atoms. The Morgan fingerprint density at radius 3 is 2.67 bits per heavy atom. The standard InChI is InChI=1S/C11H7BrN2O/c12-5-10-7-15-14-11(10)9-3-1-8(6-13)2-4-9/h1-4,7H,5H2. The van der Waals surface area contributed by atoms with E-state index >= 15 is 0 Å². The van der Waals surface area contributed by atoms with Crippen LogP contribution >= 0.6 is 15.9 Å². The zero-order chi connectivity index (χ0) is 10.7. The second-order valence-electron chi connectivity index (χ2n) is 3.01. The maximum atomic E-state index is 8.67. The predicted molar refractivity (Wildman–Crippen MR) is 59.3 cm³/mol. The summed E-state index contributed by atoms with van der Waals surface area (Å²) in [6, 6.07) is 9.33. The monoisotopic (exact) mass is 262 g/mol. The summed E-state index contributed by atoms with van der Waals surface area (Å²) in [5.41, 5.74) is 3.41. The molecule has 0 spiro atoms. The molecule has 0 amide bonds. The molecule has 0 aliphatic rings. The lowest BCUT2D eigenvalue weighted by atomic mass is 10.1. The van der Waals surface area contributed by atoms with Crippen molar-refractivity contribution in [2.45, 2.75) is 5.33 Å². The fraction of sp³-hybridized carbons (Fsp3) is 0.0909. The van der Waals surface area contributed by atoms with Gasteiger partial charge in [0.25, 0.3) is 0 Å². The van der Waals surface area contributed by atoms with Gasteiger partial charge in [-0.1, -0.05) is 33.2 Å². The van der Waals surface area contributed by atoms with Crippen molar-refractivity contribution in [1.82, 2.24) is 5.16 Å². The third-order valence-electron chi connectivity index (χ3n) is 2.07. The Morgan fingerprint density at radius 1 is 1.33 bits per heavy atom. The van der Waals surface area contributed by atoms with E-state index in [2.05, 4.69) is 27.2 Å². The van der Waals surface area contributed by atoms with Gasteiger partial charge in [0.05, 0.1) is 11.6 Å². The second kappa shape index (κ2) is 4.28. The average molecular weight is 263 g/mol. The first-order chi connectivity index (χ1) is 7.35. The van der Waals surface area contributed by atoms with Crippen LogP contribution in [0, 0.1) is 11.3 Å². The highest BCUT2D eigenvalue weighted by atomic mass is 79.9. The first-order valence-corrected chi connectivity index (χ1v) is 5.47. The van der Waals surface area contributed by atoms with Gasteiger partial charge in [-0.3, -0.25) is 0 Å². The number of hydrogen-bond acceptors (Lipinski definition) is 3. The molecule has 0 N–H and O–H groups in total. The third-order valence-corrected chi connectivity index (χ3v) is 2.68. The highest BCUT2D eigenvalue weighted by Crippen LogP contribution is 2.23. The van der Waals surface area contributed by atoms with Crippen molar-refractivity contribution in [3.05, 3.63) is 41.7 Å². The third kappa shape index (κ3) is 1.92. The number of benzene rings is 1. The highest BCUT2D eigenvalue weighted by molar-refractivity contribution is 9.08. The minimum Gasteiger partial charge on any atom is -0.364 e. The van der Waals surface area contributed by atoms with Crippen molar-refractivity contribution in [2.75, 3.05) is 0 Å². The van der Waals surface area contributed by atoms with Gasteiger partial charge in [-0.05, 0) is 12.1 Å². The van der Waals surface area contributed by atoms with Gasteiger partial charge in [-0.25, -0.2) is 0 Å². The lowest BCUT2D eigenvalue weighted by molar-refractivity contribution is 0.421. The van der Waals surface area contributed by atoms with E-state index in [1.807, 2.05) is 12.1 Å². The Hall–Kier alpha value is -1.60. The topological polar surface area (TPSA) is 49.8 Å². The largest absolute Gasteiger partial charge is 0.364 e. The molecular weight excluding hydrogens is 256 g/mol. The predicted octanol–water partition coefficient (Wildman–Crippen LogP) is 3.11. The number of hydrogen-bond donors (Lipinski definition) is 0. The molecule has 0 saturated carbocycles. The van der Waals surface area contributed by atoms with Crippen LogP contribution in [0.15, 0.2) is 35.1 Å². The molecule has 1 aromatic carbocycles. The van der Waals surface area contributed by atoms with Crippen molar-refractivity contribution < 1.29 is 4.52 Å². The van der Waals surface area contributed by atoms with Gasteiger partial charge in [-0.2, -0.15) is 5.26 Å². The summed E-state index contributed by atoms with van der Waals surface area (Å²) < 4.78 is 4.90. The van der Waals surface area contributed by atoms with E-state index < -0.39 is 0 Å². The van der Waals surface area contributed by atoms with Crippen LogP contribution in [0.2, 0.25) is 0 Å². The zero-order valence-electron chi connectivity index (χ0n) is 7.77. The molecule has 0 fully saturated rings. The zero-order valence-corrected chi connectivity index (χ0v) is 9.36. The van der Waals surface area contributed by atoms with Gasteiger partial charge in [0.15, 0.2) is 0 Å². The lowest BCUT2D eigenvalue weighted by Crippen LogP contribution is -1.83. The van der Waals surface area contributed by atoms with Crippen LogP contribution in [0.1, 0.15) is 11.1 Å². The minimum absolute atomic E-state index is 0.641. The van der Waals surface area contributed by atoms with Crippen LogP contribution in [0.25, 0.3) is 11.3 Å². The van der Waals surface area contributed by atoms with E-state index in [1.165, 1.54) is 0 Å². The van der Waals surface area contributed by atoms with Crippen LogP contribution in [-0.2, 0) is 5.33 Å². The molecule has 4 heteroatoms. The van der Waals surface area contributed by atoms with E-state index in [0.717, 1.165) is 16.8 Å². The molecule has 2 rings (SSSR count). The number of halogens is 1. The molecule has 3 nitrogen and oxygen atoms in total. The molecule has 0 atom stereocenters. The van der Waals surface area contributed by atoms with Gasteiger partial charge < -0.3 is 4.52 Å². The van der Waals surface area contributed by atoms with E-state index in [1.54, 1.807) is 18.4 Å². The maximum Gasteiger partial charge on any atom is 0.128 e. The van der Waals surface area contributed by atoms with Gasteiger partial charge in [0, 0.05) is 16.5 Å². The SMILES string of the molecule is N#Cc1ccc(-c2nocc2CBr)cc1. The summed E-state index contributed by atoms with van der Waals surface area (Å²) in [5.74, 6) is 0. The minimum atomic E-state index is 0.641. The molecule has 0 saturated heterocycles. The number of nitrogens with zero attached hydrogens (tertiary/aromatic N) is 2. The van der Waals surface area contributed by atoms with E-state index in [4.69, 9.17) is 9.78 Å². The Morgan fingerprint density at radius 2 is 2.07 bits per heavy atom. The van der Waals surface area contributed by atoms with Gasteiger partial charge in [0.2, 0.25) is 0 Å². The van der Waals surface area contributed by atoms with E-state index in [9.17, 15) is 0 Å². The highest BCUT2D eigenvalue weighted by Gasteiger charge is 2.08. The van der Waals surface area contributed by atoms with Crippen LogP contribution in [0.3, 0.4) is 0 Å². The Kier molecular flexibility index (Phi) is 2.84. The Balaban J connectivity index is 2.42. The van der Waals surface area contributed by atoms with Crippen molar-refractivity contribution in [3.8, 4) is 17.3 Å². The fourth-order valence-corrected chi connectivity index (χ4v) is 1.69. The summed E-state index contributed by atoms with van der Waals surface area (Å²) in [6.07, 6.45) is 1.61. The molecule has 0 bridgehead atoms. The average Bonchev–Trinajstić information content (AvgIpc) is 2.77. The van der Waals surface area contributed by atoms with Crippen LogP contribution in [0.4, 0.5) is 0 Å². The Bertz CT molecular complexity index is 496. The normalized spacial score (nSPS) is 9.87. The number of nitriles is 1. The number of alkyl halides is 1. The summed E-state index contributed by atoms with van der Waals surface area (Å²) in [7, 11) is 0. The van der Waals surface area contributed by atoms with Gasteiger partial charge >= 0.3 is 0 Å². The molecule has 0 aliphatic heterocycles. The lowest BCUT2D eigenvalue weighted by Gasteiger charge is -1.97. The first-order valence-electron chi connectivity index (χ1n) is 4.35. The molecule has 0 aliphatic carbocycles. The smallest absolute Gasteiger partial charge is 0.128 e. The van der Waals surface area contributed by atoms with Crippen molar-refractivity contribution in [3.63, 3.8) is 0 Å². The Labute approximate surface area is 95.4 Å². The van der Waals surface area contributed by atoms with Crippen LogP contribution in [0.5, 0.6) is 0 Å². The first kappa shape index (κ1) is 9.94. The summed E-state index contributed by atoms with van der Waals surface area (Å²) in [4.78, 5) is 0. The summed E-state index contributed by atoms with van der Waals surface area (Å²) in [6.45, 7) is 0. The quantitative estimate of drug-likeness (QED) is 0.782. The molecular formula is C11H7BrN2O. The van der Waals surface area contributed by atoms with Gasteiger partial charge in [0.1, 0.15) is 12.0 Å². The van der Waals surface area contributed by atoms with Crippen LogP contribution in [-0.4, -0.2) is 5.16 Å². The second-order valence-corrected chi connectivity index (χ2v) is 3.57. The van der Waals surface area contributed by atoms with Crippen molar-refractivity contribution in [1.29, 1.82) is 5.26 Å². The molecule has 74 valence electrons. The molecule has 0 unspecified atom stereocenters. The van der Waals surface area contributed by atoms with Gasteiger partial charge in [-0.15, -0.1) is 0 Å². The van der Waals surface area contributed by atoms with E-state index in [0.29, 0.717) is 10.9 Å². The van der Waals surface area contributed by atoms with Crippen molar-refractivity contribution in [2.24, 2.45) is 0 Å². The number of rotatable bonds is 2. The molecule has 1 heterocycles. The molecule has 1 aromatic heterocycles. The molecule has 0 radical (unpaired) electrons. The summed E-state index contributed by atoms with van der Waals surface area (Å²) in [5, 5.41) is 13.3. The summed E-state index contributed by atoms with van der Waals surface area (Å²) >= 11 is 3.36. The number of aromatic nitrogens is 1. The molecule has 2 aromatic rings. The van der Waals surface area contributed by atoms with Crippen molar-refractivity contribution >= 4 is 15.9 Å². The van der Waals surface area contributed by atoms with Crippen LogP contribution < -0.4 is 0 Å². The van der Waals surface area contributed by atoms with E-state index in [-0.39, 0.29) is 0 Å². The maximum absolute atomic E-state index is 8.67.